The van der Waals surface area contributed by atoms with Crippen LogP contribution in [0.15, 0.2) is 41.0 Å². The molecule has 2 aliphatic carbocycles. The van der Waals surface area contributed by atoms with Gasteiger partial charge in [0.2, 0.25) is 0 Å². The van der Waals surface area contributed by atoms with Crippen LogP contribution in [0.1, 0.15) is 23.3 Å². The normalized spacial score (nSPS) is 30.2. The van der Waals surface area contributed by atoms with E-state index in [0.29, 0.717) is 12.1 Å². The Labute approximate surface area is 97.2 Å². The smallest absolute Gasteiger partial charge is 0.277 e. The zero-order valence-corrected chi connectivity index (χ0v) is 9.02. The maximum Gasteiger partial charge on any atom is 0.277 e. The molecule has 2 atom stereocenters. The Balaban J connectivity index is 1.71. The van der Waals surface area contributed by atoms with Gasteiger partial charge in [0.25, 0.3) is 5.91 Å². The molecular formula is C12H11FN2O2. The minimum absolute atomic E-state index is 0.111. The molecule has 4 nitrogen and oxygen atoms in total. The summed E-state index contributed by atoms with van der Waals surface area (Å²) in [6, 6.07) is 0. The molecular weight excluding hydrogens is 223 g/mol. The maximum atomic E-state index is 13.9. The summed E-state index contributed by atoms with van der Waals surface area (Å²) in [4.78, 5) is 15.4. The van der Waals surface area contributed by atoms with E-state index >= 15 is 0 Å². The highest BCUT2D eigenvalue weighted by Gasteiger charge is 2.45. The van der Waals surface area contributed by atoms with Crippen LogP contribution in [-0.2, 0) is 0 Å². The van der Waals surface area contributed by atoms with Gasteiger partial charge in [-0.2, -0.15) is 0 Å². The molecule has 0 spiro atoms. The maximum absolute atomic E-state index is 13.9. The highest BCUT2D eigenvalue weighted by atomic mass is 19.1. The van der Waals surface area contributed by atoms with Crippen LogP contribution in [0.3, 0.4) is 0 Å². The number of nitrogens with zero attached hydrogens (tertiary/aromatic N) is 1. The molecule has 5 heteroatoms. The number of amides is 1. The number of rotatable bonds is 2. The van der Waals surface area contributed by atoms with Crippen LogP contribution < -0.4 is 5.32 Å². The molecule has 0 radical (unpaired) electrons. The lowest BCUT2D eigenvalue weighted by Gasteiger charge is -2.41. The molecule has 0 saturated heterocycles. The number of allylic oxidation sites excluding steroid dienone is 3. The van der Waals surface area contributed by atoms with E-state index < -0.39 is 5.67 Å². The number of carbonyl (C=O) groups excluding carboxylic acids is 1. The van der Waals surface area contributed by atoms with Crippen molar-refractivity contribution in [1.82, 2.24) is 10.3 Å². The highest BCUT2D eigenvalue weighted by Crippen LogP contribution is 2.46. The molecule has 1 N–H and O–H groups in total. The predicted octanol–water partition coefficient (Wildman–Crippen LogP) is 1.98. The molecule has 3 rings (SSSR count). The van der Waals surface area contributed by atoms with Crippen LogP contribution in [0.4, 0.5) is 4.39 Å². The number of oxazole rings is 1. The summed E-state index contributed by atoms with van der Waals surface area (Å²) in [6.07, 6.45) is 8.75. The second-order valence-electron chi connectivity index (χ2n) is 4.36. The van der Waals surface area contributed by atoms with Gasteiger partial charge in [-0.25, -0.2) is 9.37 Å². The van der Waals surface area contributed by atoms with E-state index in [1.807, 2.05) is 0 Å². The van der Waals surface area contributed by atoms with E-state index in [0.717, 1.165) is 6.42 Å². The third kappa shape index (κ3) is 1.67. The van der Waals surface area contributed by atoms with Crippen LogP contribution in [0.2, 0.25) is 0 Å². The van der Waals surface area contributed by atoms with E-state index in [1.165, 1.54) is 18.7 Å². The number of aromatic nitrogens is 1. The van der Waals surface area contributed by atoms with Crippen molar-refractivity contribution in [3.63, 3.8) is 0 Å². The lowest BCUT2D eigenvalue weighted by molar-refractivity contribution is 0.0600. The van der Waals surface area contributed by atoms with Crippen molar-refractivity contribution in [2.75, 3.05) is 0 Å². The molecule has 0 bridgehead atoms. The molecule has 0 aliphatic heterocycles. The fourth-order valence-corrected chi connectivity index (χ4v) is 2.12. The number of halogens is 1. The number of alkyl halides is 1. The molecule has 17 heavy (non-hydrogen) atoms. The highest BCUT2D eigenvalue weighted by molar-refractivity contribution is 5.93. The van der Waals surface area contributed by atoms with E-state index in [4.69, 9.17) is 4.42 Å². The first-order valence-electron chi connectivity index (χ1n) is 5.47. The van der Waals surface area contributed by atoms with Gasteiger partial charge in [-0.15, -0.1) is 0 Å². The van der Waals surface area contributed by atoms with Gasteiger partial charge in [-0.1, -0.05) is 6.08 Å². The molecule has 1 fully saturated rings. The molecule has 1 amide bonds. The molecule has 2 aliphatic rings. The summed E-state index contributed by atoms with van der Waals surface area (Å²) in [7, 11) is 0. The van der Waals surface area contributed by atoms with Gasteiger partial charge in [0.15, 0.2) is 12.1 Å². The predicted molar refractivity (Wildman–Crippen MR) is 57.8 cm³/mol. The van der Waals surface area contributed by atoms with Gasteiger partial charge >= 0.3 is 0 Å². The van der Waals surface area contributed by atoms with Crippen LogP contribution >= 0.6 is 0 Å². The second kappa shape index (κ2) is 3.55. The van der Waals surface area contributed by atoms with Crippen molar-refractivity contribution in [3.8, 4) is 0 Å². The van der Waals surface area contributed by atoms with E-state index in [2.05, 4.69) is 10.3 Å². The summed E-state index contributed by atoms with van der Waals surface area (Å²) >= 11 is 0. The second-order valence-corrected chi connectivity index (χ2v) is 4.36. The number of hydrogen-bond acceptors (Lipinski definition) is 3. The SMILES string of the molecule is O=C(NC1=CC2CCC2(F)C=C1)c1cocn1. The molecule has 88 valence electrons. The van der Waals surface area contributed by atoms with Gasteiger partial charge in [0.1, 0.15) is 11.9 Å². The van der Waals surface area contributed by atoms with E-state index in [9.17, 15) is 9.18 Å². The molecule has 1 aromatic rings. The average Bonchev–Trinajstić information content (AvgIpc) is 2.82. The Hall–Kier alpha value is -1.91. The van der Waals surface area contributed by atoms with Crippen molar-refractivity contribution < 1.29 is 13.6 Å². The lowest BCUT2D eigenvalue weighted by atomic mass is 9.68. The van der Waals surface area contributed by atoms with Crippen molar-refractivity contribution in [2.45, 2.75) is 18.5 Å². The number of nitrogens with one attached hydrogen (secondary N) is 1. The minimum Gasteiger partial charge on any atom is -0.451 e. The zero-order valence-electron chi connectivity index (χ0n) is 9.02. The summed E-state index contributed by atoms with van der Waals surface area (Å²) in [5, 5.41) is 2.67. The summed E-state index contributed by atoms with van der Waals surface area (Å²) in [5.41, 5.74) is -0.358. The Morgan fingerprint density at radius 3 is 3.12 bits per heavy atom. The van der Waals surface area contributed by atoms with Gasteiger partial charge in [-0.3, -0.25) is 4.79 Å². The van der Waals surface area contributed by atoms with Crippen LogP contribution in [0, 0.1) is 5.92 Å². The van der Waals surface area contributed by atoms with Crippen LogP contribution in [0.25, 0.3) is 0 Å². The van der Waals surface area contributed by atoms with Crippen molar-refractivity contribution >= 4 is 5.91 Å². The third-order valence-electron chi connectivity index (χ3n) is 3.30. The third-order valence-corrected chi connectivity index (χ3v) is 3.30. The van der Waals surface area contributed by atoms with Crippen molar-refractivity contribution in [1.29, 1.82) is 0 Å². The molecule has 1 aromatic heterocycles. The van der Waals surface area contributed by atoms with Crippen molar-refractivity contribution in [3.05, 3.63) is 42.3 Å². The fraction of sp³-hybridized carbons (Fsp3) is 0.333. The average molecular weight is 234 g/mol. The molecule has 1 heterocycles. The van der Waals surface area contributed by atoms with Crippen LogP contribution in [0.5, 0.6) is 0 Å². The number of hydrogen-bond donors (Lipinski definition) is 1. The standard InChI is InChI=1S/C12H11FN2O2/c13-12-3-1-8(12)5-9(2-4-12)15-11(16)10-6-17-7-14-10/h2,4-8H,1,3H2,(H,15,16). The Morgan fingerprint density at radius 1 is 1.65 bits per heavy atom. The van der Waals surface area contributed by atoms with Crippen molar-refractivity contribution in [2.24, 2.45) is 5.92 Å². The Bertz CT molecular complexity index is 507. The van der Waals surface area contributed by atoms with Gasteiger partial charge in [0.05, 0.1) is 0 Å². The Kier molecular flexibility index (Phi) is 2.14. The molecule has 1 saturated carbocycles. The molecule has 0 aromatic carbocycles. The topological polar surface area (TPSA) is 55.1 Å². The zero-order chi connectivity index (χ0) is 11.9. The van der Waals surface area contributed by atoms with Gasteiger partial charge in [-0.05, 0) is 25.0 Å². The summed E-state index contributed by atoms with van der Waals surface area (Å²) in [6.45, 7) is 0. The first-order chi connectivity index (χ1) is 8.17. The van der Waals surface area contributed by atoms with E-state index in [-0.39, 0.29) is 17.5 Å². The minimum atomic E-state index is -1.19. The first-order valence-corrected chi connectivity index (χ1v) is 5.47. The summed E-state index contributed by atoms with van der Waals surface area (Å²) < 4.78 is 18.6. The van der Waals surface area contributed by atoms with Crippen LogP contribution in [-0.4, -0.2) is 16.6 Å². The molecule has 2 unspecified atom stereocenters. The number of fused-ring (bicyclic) bond motifs is 1. The lowest BCUT2D eigenvalue weighted by Crippen LogP contribution is -2.42. The monoisotopic (exact) mass is 234 g/mol. The van der Waals surface area contributed by atoms with Gasteiger partial charge < -0.3 is 9.73 Å². The number of carbonyl (C=O) groups is 1. The fourth-order valence-electron chi connectivity index (χ4n) is 2.12. The first kappa shape index (κ1) is 10.3. The van der Waals surface area contributed by atoms with E-state index in [1.54, 1.807) is 12.2 Å². The van der Waals surface area contributed by atoms with Gasteiger partial charge in [0, 0.05) is 11.6 Å². The quantitative estimate of drug-likeness (QED) is 0.851. The Morgan fingerprint density at radius 2 is 2.53 bits per heavy atom. The summed E-state index contributed by atoms with van der Waals surface area (Å²) in [5.74, 6) is -0.458. The largest absolute Gasteiger partial charge is 0.451 e.